The van der Waals surface area contributed by atoms with Gasteiger partial charge in [0.05, 0.1) is 0 Å². The van der Waals surface area contributed by atoms with Crippen molar-refractivity contribution in [2.24, 2.45) is 17.1 Å². The molecule has 2 bridgehead atoms. The minimum Gasteiger partial charge on any atom is -0.327 e. The number of hydrogen-bond donors (Lipinski definition) is 1. The van der Waals surface area contributed by atoms with Crippen molar-refractivity contribution in [1.29, 1.82) is 0 Å². The SMILES string of the molecule is CC1(CN2CC3CCC2C3)CCCC1N. The summed E-state index contributed by atoms with van der Waals surface area (Å²) in [5.41, 5.74) is 6.68. The molecule has 0 aromatic rings. The van der Waals surface area contributed by atoms with Crippen LogP contribution < -0.4 is 5.73 Å². The Kier molecular flexibility index (Phi) is 2.33. The summed E-state index contributed by atoms with van der Waals surface area (Å²) in [6.45, 7) is 5.05. The highest BCUT2D eigenvalue weighted by Gasteiger charge is 2.43. The lowest BCUT2D eigenvalue weighted by Gasteiger charge is -2.37. The van der Waals surface area contributed by atoms with Gasteiger partial charge in [-0.1, -0.05) is 13.3 Å². The number of piperidine rings is 1. The van der Waals surface area contributed by atoms with Crippen LogP contribution in [0.25, 0.3) is 0 Å². The average molecular weight is 208 g/mol. The summed E-state index contributed by atoms with van der Waals surface area (Å²) in [5, 5.41) is 0. The first kappa shape index (κ1) is 10.1. The lowest BCUT2D eigenvalue weighted by atomic mass is 9.84. The van der Waals surface area contributed by atoms with E-state index >= 15 is 0 Å². The van der Waals surface area contributed by atoms with Gasteiger partial charge in [0.1, 0.15) is 0 Å². The van der Waals surface area contributed by atoms with E-state index in [-0.39, 0.29) is 0 Å². The molecule has 0 aromatic carbocycles. The molecule has 15 heavy (non-hydrogen) atoms. The Balaban J connectivity index is 1.65. The van der Waals surface area contributed by atoms with Crippen LogP contribution in [0.2, 0.25) is 0 Å². The van der Waals surface area contributed by atoms with Crippen LogP contribution in [0.1, 0.15) is 45.4 Å². The van der Waals surface area contributed by atoms with E-state index < -0.39 is 0 Å². The fourth-order valence-electron chi connectivity index (χ4n) is 4.14. The first-order valence-electron chi connectivity index (χ1n) is 6.67. The third-order valence-electron chi connectivity index (χ3n) is 5.25. The molecule has 0 spiro atoms. The van der Waals surface area contributed by atoms with Gasteiger partial charge in [0.2, 0.25) is 0 Å². The summed E-state index contributed by atoms with van der Waals surface area (Å²) in [7, 11) is 0. The highest BCUT2D eigenvalue weighted by Crippen LogP contribution is 2.43. The number of nitrogens with two attached hydrogens (primary N) is 1. The smallest absolute Gasteiger partial charge is 0.0105 e. The molecular formula is C13H24N2. The number of nitrogens with zero attached hydrogens (tertiary/aromatic N) is 1. The average Bonchev–Trinajstić information content (AvgIpc) is 2.84. The Morgan fingerprint density at radius 1 is 1.33 bits per heavy atom. The Labute approximate surface area is 93.2 Å². The normalized spacial score (nSPS) is 50.4. The first-order valence-corrected chi connectivity index (χ1v) is 6.67. The van der Waals surface area contributed by atoms with Crippen molar-refractivity contribution in [3.63, 3.8) is 0 Å². The minimum absolute atomic E-state index is 0.421. The van der Waals surface area contributed by atoms with Crippen LogP contribution >= 0.6 is 0 Å². The minimum atomic E-state index is 0.421. The van der Waals surface area contributed by atoms with E-state index in [9.17, 15) is 0 Å². The van der Waals surface area contributed by atoms with Crippen LogP contribution in [-0.2, 0) is 0 Å². The fraction of sp³-hybridized carbons (Fsp3) is 1.00. The van der Waals surface area contributed by atoms with E-state index in [1.165, 1.54) is 51.6 Å². The molecule has 3 fully saturated rings. The maximum absolute atomic E-state index is 6.26. The van der Waals surface area contributed by atoms with Gasteiger partial charge in [-0.15, -0.1) is 0 Å². The number of rotatable bonds is 2. The number of hydrogen-bond acceptors (Lipinski definition) is 2. The quantitative estimate of drug-likeness (QED) is 0.752. The van der Waals surface area contributed by atoms with Gasteiger partial charge >= 0.3 is 0 Å². The van der Waals surface area contributed by atoms with Gasteiger partial charge in [0.25, 0.3) is 0 Å². The van der Waals surface area contributed by atoms with E-state index in [1.54, 1.807) is 0 Å². The number of likely N-dealkylation sites (tertiary alicyclic amines) is 1. The molecule has 3 rings (SSSR count). The molecule has 2 N–H and O–H groups in total. The Bertz CT molecular complexity index is 253. The molecule has 86 valence electrons. The molecule has 2 aliphatic carbocycles. The van der Waals surface area contributed by atoms with Crippen LogP contribution in [0.4, 0.5) is 0 Å². The zero-order chi connectivity index (χ0) is 10.5. The lowest BCUT2D eigenvalue weighted by Crippen LogP contribution is -2.46. The van der Waals surface area contributed by atoms with E-state index in [0.29, 0.717) is 11.5 Å². The van der Waals surface area contributed by atoms with E-state index in [4.69, 9.17) is 5.73 Å². The maximum Gasteiger partial charge on any atom is 0.0105 e. The summed E-state index contributed by atoms with van der Waals surface area (Å²) in [5.74, 6) is 1.02. The van der Waals surface area contributed by atoms with Crippen LogP contribution in [0.3, 0.4) is 0 Å². The molecule has 0 amide bonds. The van der Waals surface area contributed by atoms with Crippen molar-refractivity contribution >= 4 is 0 Å². The van der Waals surface area contributed by atoms with Crippen molar-refractivity contribution < 1.29 is 0 Å². The second-order valence-corrected chi connectivity index (χ2v) is 6.42. The van der Waals surface area contributed by atoms with Gasteiger partial charge in [-0.3, -0.25) is 4.90 Å². The fourth-order valence-corrected chi connectivity index (χ4v) is 4.14. The zero-order valence-electron chi connectivity index (χ0n) is 9.91. The highest BCUT2D eigenvalue weighted by atomic mass is 15.2. The van der Waals surface area contributed by atoms with Crippen molar-refractivity contribution in [3.05, 3.63) is 0 Å². The van der Waals surface area contributed by atoms with Crippen LogP contribution in [-0.4, -0.2) is 30.1 Å². The summed E-state index contributed by atoms with van der Waals surface area (Å²) >= 11 is 0. The van der Waals surface area contributed by atoms with Gasteiger partial charge in [0.15, 0.2) is 0 Å². The summed E-state index contributed by atoms with van der Waals surface area (Å²) < 4.78 is 0. The second kappa shape index (κ2) is 3.46. The maximum atomic E-state index is 6.26. The predicted molar refractivity (Wildman–Crippen MR) is 62.6 cm³/mol. The van der Waals surface area contributed by atoms with E-state index in [1.807, 2.05) is 0 Å². The van der Waals surface area contributed by atoms with Gasteiger partial charge in [-0.05, 0) is 43.4 Å². The molecule has 1 heterocycles. The molecule has 2 saturated carbocycles. The van der Waals surface area contributed by atoms with Crippen LogP contribution in [0, 0.1) is 11.3 Å². The second-order valence-electron chi connectivity index (χ2n) is 6.42. The standard InChI is InChI=1S/C13H24N2/c1-13(6-2-3-12(13)14)9-15-8-10-4-5-11(15)7-10/h10-12H,2-9,14H2,1H3. The molecule has 4 unspecified atom stereocenters. The largest absolute Gasteiger partial charge is 0.327 e. The predicted octanol–water partition coefficient (Wildman–Crippen LogP) is 1.99. The monoisotopic (exact) mass is 208 g/mol. The Morgan fingerprint density at radius 2 is 2.20 bits per heavy atom. The van der Waals surface area contributed by atoms with Crippen molar-refractivity contribution in [2.75, 3.05) is 13.1 Å². The molecular weight excluding hydrogens is 184 g/mol. The molecule has 2 nitrogen and oxygen atoms in total. The molecule has 0 radical (unpaired) electrons. The Morgan fingerprint density at radius 3 is 2.73 bits per heavy atom. The summed E-state index contributed by atoms with van der Waals surface area (Å²) in [6, 6.07) is 1.37. The van der Waals surface area contributed by atoms with Crippen molar-refractivity contribution in [1.82, 2.24) is 4.90 Å². The molecule has 1 aliphatic heterocycles. The molecule has 3 aliphatic rings. The van der Waals surface area contributed by atoms with Gasteiger partial charge in [-0.25, -0.2) is 0 Å². The lowest BCUT2D eigenvalue weighted by molar-refractivity contribution is 0.123. The highest BCUT2D eigenvalue weighted by molar-refractivity contribution is 4.99. The van der Waals surface area contributed by atoms with Crippen LogP contribution in [0.5, 0.6) is 0 Å². The van der Waals surface area contributed by atoms with Gasteiger partial charge < -0.3 is 5.73 Å². The molecule has 2 heteroatoms. The molecule has 1 saturated heterocycles. The first-order chi connectivity index (χ1) is 7.17. The molecule has 4 atom stereocenters. The van der Waals surface area contributed by atoms with Crippen molar-refractivity contribution in [3.8, 4) is 0 Å². The number of fused-ring (bicyclic) bond motifs is 2. The van der Waals surface area contributed by atoms with Crippen molar-refractivity contribution in [2.45, 2.75) is 57.5 Å². The van der Waals surface area contributed by atoms with Crippen LogP contribution in [0.15, 0.2) is 0 Å². The van der Waals surface area contributed by atoms with Gasteiger partial charge in [-0.2, -0.15) is 0 Å². The molecule has 0 aromatic heterocycles. The van der Waals surface area contributed by atoms with E-state index in [2.05, 4.69) is 11.8 Å². The summed E-state index contributed by atoms with van der Waals surface area (Å²) in [4.78, 5) is 2.75. The van der Waals surface area contributed by atoms with Gasteiger partial charge in [0, 0.05) is 25.2 Å². The third kappa shape index (κ3) is 1.62. The topological polar surface area (TPSA) is 29.3 Å². The van der Waals surface area contributed by atoms with E-state index in [0.717, 1.165) is 12.0 Å². The summed E-state index contributed by atoms with van der Waals surface area (Å²) in [6.07, 6.45) is 8.37. The third-order valence-corrected chi connectivity index (χ3v) is 5.25. The zero-order valence-corrected chi connectivity index (χ0v) is 9.91. The Hall–Kier alpha value is -0.0800.